The molecule has 1 amide bonds. The highest BCUT2D eigenvalue weighted by Gasteiger charge is 2.16. The number of rotatable bonds is 6. The van der Waals surface area contributed by atoms with E-state index >= 15 is 0 Å². The molecule has 1 aromatic heterocycles. The second-order valence-corrected chi connectivity index (χ2v) is 7.72. The molecule has 1 heterocycles. The molecule has 1 N–H and O–H groups in total. The molecule has 0 fully saturated rings. The van der Waals surface area contributed by atoms with Crippen LogP contribution < -0.4 is 10.9 Å². The molecule has 0 aliphatic carbocycles. The SMILES string of the molecule is Cc1ccc(-n2nc(S[C@@H](C)C(=O)NCc3ccc(F)cc3)ccc2=O)cc1. The highest BCUT2D eigenvalue weighted by molar-refractivity contribution is 8.00. The van der Waals surface area contributed by atoms with E-state index < -0.39 is 5.25 Å². The van der Waals surface area contributed by atoms with Gasteiger partial charge in [0, 0.05) is 12.6 Å². The van der Waals surface area contributed by atoms with Crippen molar-refractivity contribution in [2.45, 2.75) is 30.7 Å². The van der Waals surface area contributed by atoms with Crippen LogP contribution in [-0.2, 0) is 11.3 Å². The molecule has 0 aliphatic heterocycles. The smallest absolute Gasteiger partial charge is 0.271 e. The van der Waals surface area contributed by atoms with Crippen molar-refractivity contribution in [3.63, 3.8) is 0 Å². The van der Waals surface area contributed by atoms with Crippen molar-refractivity contribution < 1.29 is 9.18 Å². The lowest BCUT2D eigenvalue weighted by Crippen LogP contribution is -2.30. The largest absolute Gasteiger partial charge is 0.351 e. The van der Waals surface area contributed by atoms with Gasteiger partial charge in [-0.15, -0.1) is 0 Å². The summed E-state index contributed by atoms with van der Waals surface area (Å²) in [6, 6.07) is 16.5. The van der Waals surface area contributed by atoms with Gasteiger partial charge in [0.1, 0.15) is 10.8 Å². The van der Waals surface area contributed by atoms with Gasteiger partial charge in [-0.2, -0.15) is 9.78 Å². The van der Waals surface area contributed by atoms with E-state index in [1.54, 1.807) is 25.1 Å². The molecule has 0 radical (unpaired) electrons. The maximum absolute atomic E-state index is 12.9. The van der Waals surface area contributed by atoms with E-state index in [0.29, 0.717) is 17.3 Å². The van der Waals surface area contributed by atoms with Crippen LogP contribution in [0.15, 0.2) is 70.5 Å². The zero-order valence-electron chi connectivity index (χ0n) is 15.6. The molecule has 0 unspecified atom stereocenters. The number of aromatic nitrogens is 2. The Morgan fingerprint density at radius 2 is 1.79 bits per heavy atom. The molecule has 0 bridgehead atoms. The average molecular weight is 397 g/mol. The van der Waals surface area contributed by atoms with Gasteiger partial charge < -0.3 is 5.32 Å². The van der Waals surface area contributed by atoms with Gasteiger partial charge in [-0.05, 0) is 49.7 Å². The number of carbonyl (C=O) groups excluding carboxylic acids is 1. The Kier molecular flexibility index (Phi) is 6.26. The zero-order valence-corrected chi connectivity index (χ0v) is 16.4. The van der Waals surface area contributed by atoms with E-state index in [1.807, 2.05) is 31.2 Å². The number of nitrogens with zero attached hydrogens (tertiary/aromatic N) is 2. The summed E-state index contributed by atoms with van der Waals surface area (Å²) in [6.07, 6.45) is 0. The molecule has 3 rings (SSSR count). The van der Waals surface area contributed by atoms with Crippen molar-refractivity contribution in [2.75, 3.05) is 0 Å². The lowest BCUT2D eigenvalue weighted by atomic mass is 10.2. The third-order valence-electron chi connectivity index (χ3n) is 4.10. The first-order chi connectivity index (χ1) is 13.4. The van der Waals surface area contributed by atoms with Crippen LogP contribution in [0.2, 0.25) is 0 Å². The van der Waals surface area contributed by atoms with Crippen LogP contribution in [0.4, 0.5) is 4.39 Å². The minimum Gasteiger partial charge on any atom is -0.351 e. The second kappa shape index (κ2) is 8.84. The van der Waals surface area contributed by atoms with Crippen molar-refractivity contribution in [1.82, 2.24) is 15.1 Å². The number of benzene rings is 2. The lowest BCUT2D eigenvalue weighted by Gasteiger charge is -2.12. The molecular formula is C21H20FN3O2S. The van der Waals surface area contributed by atoms with Crippen LogP contribution in [-0.4, -0.2) is 20.9 Å². The van der Waals surface area contributed by atoms with Crippen LogP contribution in [0.3, 0.4) is 0 Å². The molecule has 28 heavy (non-hydrogen) atoms. The fourth-order valence-electron chi connectivity index (χ4n) is 2.50. The number of halogens is 1. The summed E-state index contributed by atoms with van der Waals surface area (Å²) >= 11 is 1.27. The van der Waals surface area contributed by atoms with Gasteiger partial charge in [0.25, 0.3) is 5.56 Å². The summed E-state index contributed by atoms with van der Waals surface area (Å²) in [7, 11) is 0. The number of amides is 1. The minimum atomic E-state index is -0.406. The summed E-state index contributed by atoms with van der Waals surface area (Å²) in [4.78, 5) is 24.5. The van der Waals surface area contributed by atoms with Gasteiger partial charge in [-0.1, -0.05) is 41.6 Å². The predicted octanol–water partition coefficient (Wildman–Crippen LogP) is 3.48. The minimum absolute atomic E-state index is 0.163. The Morgan fingerprint density at radius 3 is 2.46 bits per heavy atom. The number of hydrogen-bond acceptors (Lipinski definition) is 4. The fourth-order valence-corrected chi connectivity index (χ4v) is 3.33. The van der Waals surface area contributed by atoms with Gasteiger partial charge in [-0.3, -0.25) is 9.59 Å². The number of nitrogens with one attached hydrogen (secondary N) is 1. The van der Waals surface area contributed by atoms with E-state index in [1.165, 1.54) is 34.6 Å². The zero-order chi connectivity index (χ0) is 20.1. The van der Waals surface area contributed by atoms with Crippen LogP contribution in [0.1, 0.15) is 18.1 Å². The first kappa shape index (κ1) is 19.8. The van der Waals surface area contributed by atoms with Gasteiger partial charge >= 0.3 is 0 Å². The highest BCUT2D eigenvalue weighted by Crippen LogP contribution is 2.20. The monoisotopic (exact) mass is 397 g/mol. The normalized spacial score (nSPS) is 11.8. The molecule has 2 aromatic carbocycles. The standard InChI is InChI=1S/C21H20FN3O2S/c1-14-3-9-18(10-4-14)25-20(26)12-11-19(24-25)28-15(2)21(27)23-13-16-5-7-17(22)8-6-16/h3-12,15H,13H2,1-2H3,(H,23,27)/t15-/m0/s1. The van der Waals surface area contributed by atoms with Crippen LogP contribution in [0.25, 0.3) is 5.69 Å². The second-order valence-electron chi connectivity index (χ2n) is 6.36. The molecule has 3 aromatic rings. The summed E-state index contributed by atoms with van der Waals surface area (Å²) in [5.74, 6) is -0.474. The van der Waals surface area contributed by atoms with Crippen molar-refractivity contribution in [2.24, 2.45) is 0 Å². The molecular weight excluding hydrogens is 377 g/mol. The third-order valence-corrected chi connectivity index (χ3v) is 5.13. The van der Waals surface area contributed by atoms with Gasteiger partial charge in [0.15, 0.2) is 0 Å². The van der Waals surface area contributed by atoms with Crippen LogP contribution in [0, 0.1) is 12.7 Å². The maximum atomic E-state index is 12.9. The Balaban J connectivity index is 1.66. The number of hydrogen-bond donors (Lipinski definition) is 1. The van der Waals surface area contributed by atoms with E-state index in [4.69, 9.17) is 0 Å². The van der Waals surface area contributed by atoms with Crippen molar-refractivity contribution in [3.8, 4) is 5.69 Å². The quantitative estimate of drug-likeness (QED) is 0.647. The average Bonchev–Trinajstić information content (AvgIpc) is 2.69. The van der Waals surface area contributed by atoms with E-state index in [2.05, 4.69) is 10.4 Å². The summed E-state index contributed by atoms with van der Waals surface area (Å²) in [5, 5.41) is 7.36. The van der Waals surface area contributed by atoms with E-state index in [-0.39, 0.29) is 17.3 Å². The van der Waals surface area contributed by atoms with E-state index in [9.17, 15) is 14.0 Å². The van der Waals surface area contributed by atoms with Crippen LogP contribution >= 0.6 is 11.8 Å². The Labute approximate surface area is 166 Å². The van der Waals surface area contributed by atoms with Crippen molar-refractivity contribution in [1.29, 1.82) is 0 Å². The van der Waals surface area contributed by atoms with Crippen LogP contribution in [0.5, 0.6) is 0 Å². The van der Waals surface area contributed by atoms with Gasteiger partial charge in [0.05, 0.1) is 10.9 Å². The first-order valence-electron chi connectivity index (χ1n) is 8.78. The first-order valence-corrected chi connectivity index (χ1v) is 9.66. The molecule has 0 spiro atoms. The predicted molar refractivity (Wildman–Crippen MR) is 108 cm³/mol. The third kappa shape index (κ3) is 5.07. The molecule has 0 saturated carbocycles. The number of thioether (sulfide) groups is 1. The molecule has 7 heteroatoms. The molecule has 1 atom stereocenters. The maximum Gasteiger partial charge on any atom is 0.271 e. The Hall–Kier alpha value is -2.93. The lowest BCUT2D eigenvalue weighted by molar-refractivity contribution is -0.120. The molecule has 0 saturated heterocycles. The van der Waals surface area contributed by atoms with E-state index in [0.717, 1.165) is 11.1 Å². The summed E-state index contributed by atoms with van der Waals surface area (Å²) in [6.45, 7) is 4.06. The molecule has 144 valence electrons. The van der Waals surface area contributed by atoms with Gasteiger partial charge in [-0.25, -0.2) is 4.39 Å². The topological polar surface area (TPSA) is 64.0 Å². The molecule has 0 aliphatic rings. The molecule has 5 nitrogen and oxygen atoms in total. The van der Waals surface area contributed by atoms with Crippen molar-refractivity contribution >= 4 is 17.7 Å². The summed E-state index contributed by atoms with van der Waals surface area (Å²) in [5.41, 5.74) is 2.35. The number of carbonyl (C=O) groups is 1. The number of aryl methyl sites for hydroxylation is 1. The summed E-state index contributed by atoms with van der Waals surface area (Å²) < 4.78 is 14.3. The Bertz CT molecular complexity index is 1020. The fraction of sp³-hybridized carbons (Fsp3) is 0.190. The van der Waals surface area contributed by atoms with Crippen molar-refractivity contribution in [3.05, 3.63) is 88.0 Å². The Morgan fingerprint density at radius 1 is 1.11 bits per heavy atom. The van der Waals surface area contributed by atoms with Gasteiger partial charge in [0.2, 0.25) is 5.91 Å². The highest BCUT2D eigenvalue weighted by atomic mass is 32.2.